The van der Waals surface area contributed by atoms with Crippen LogP contribution in [0.5, 0.6) is 0 Å². The molecule has 0 aromatic carbocycles. The summed E-state index contributed by atoms with van der Waals surface area (Å²) in [6.07, 6.45) is 7.77. The van der Waals surface area contributed by atoms with Gasteiger partial charge in [0.25, 0.3) is 0 Å². The fourth-order valence-electron chi connectivity index (χ4n) is 3.36. The first-order chi connectivity index (χ1) is 9.85. The lowest BCUT2D eigenvalue weighted by atomic mass is 10.2. The minimum absolute atomic E-state index is 0.770. The number of aromatic nitrogens is 2. The van der Waals surface area contributed by atoms with Crippen LogP contribution in [0.3, 0.4) is 0 Å². The van der Waals surface area contributed by atoms with Crippen LogP contribution in [0.1, 0.15) is 31.9 Å². The lowest BCUT2D eigenvalue weighted by Crippen LogP contribution is -2.36. The summed E-state index contributed by atoms with van der Waals surface area (Å²) in [6, 6.07) is 0.770. The molecule has 2 fully saturated rings. The molecule has 3 heterocycles. The van der Waals surface area contributed by atoms with Crippen molar-refractivity contribution < 1.29 is 0 Å². The Balaban J connectivity index is 1.58. The number of nitrogens with zero attached hydrogens (tertiary/aromatic N) is 4. The van der Waals surface area contributed by atoms with Crippen LogP contribution in [0.2, 0.25) is 0 Å². The van der Waals surface area contributed by atoms with Crippen molar-refractivity contribution in [3.63, 3.8) is 0 Å². The Morgan fingerprint density at radius 1 is 1.20 bits per heavy atom. The molecule has 1 aromatic heterocycles. The lowest BCUT2D eigenvalue weighted by molar-refractivity contribution is 0.214. The first kappa shape index (κ1) is 13.8. The van der Waals surface area contributed by atoms with Gasteiger partial charge in [-0.1, -0.05) is 0 Å². The Labute approximate surface area is 121 Å². The molecule has 1 unspecified atom stereocenters. The van der Waals surface area contributed by atoms with Gasteiger partial charge in [0.1, 0.15) is 5.82 Å². The summed E-state index contributed by atoms with van der Waals surface area (Å²) >= 11 is 0. The van der Waals surface area contributed by atoms with E-state index < -0.39 is 0 Å². The van der Waals surface area contributed by atoms with Crippen molar-refractivity contribution in [2.24, 2.45) is 0 Å². The highest BCUT2D eigenvalue weighted by Crippen LogP contribution is 2.22. The van der Waals surface area contributed by atoms with Crippen LogP contribution in [0, 0.1) is 0 Å². The van der Waals surface area contributed by atoms with Gasteiger partial charge in [0.05, 0.1) is 18.1 Å². The molecule has 0 amide bonds. The maximum absolute atomic E-state index is 4.53. The van der Waals surface area contributed by atoms with Gasteiger partial charge in [-0.25, -0.2) is 4.98 Å². The van der Waals surface area contributed by atoms with Gasteiger partial charge in [0, 0.05) is 25.7 Å². The zero-order valence-electron chi connectivity index (χ0n) is 12.4. The molecule has 0 bridgehead atoms. The molecule has 110 valence electrons. The third-order valence-corrected chi connectivity index (χ3v) is 4.34. The quantitative estimate of drug-likeness (QED) is 0.904. The van der Waals surface area contributed by atoms with Crippen molar-refractivity contribution in [3.8, 4) is 0 Å². The molecular weight excluding hydrogens is 250 g/mol. The second kappa shape index (κ2) is 6.50. The molecule has 0 saturated carbocycles. The highest BCUT2D eigenvalue weighted by Gasteiger charge is 2.28. The molecule has 1 N–H and O–H groups in total. The Morgan fingerprint density at radius 2 is 2.10 bits per heavy atom. The molecule has 1 atom stereocenters. The van der Waals surface area contributed by atoms with E-state index in [4.69, 9.17) is 0 Å². The number of anilines is 1. The Hall–Kier alpha value is -1.20. The molecule has 2 saturated heterocycles. The average molecular weight is 275 g/mol. The van der Waals surface area contributed by atoms with Crippen LogP contribution in [0.25, 0.3) is 0 Å². The van der Waals surface area contributed by atoms with Crippen molar-refractivity contribution in [2.45, 2.75) is 38.8 Å². The van der Waals surface area contributed by atoms with Crippen LogP contribution in [0.15, 0.2) is 12.4 Å². The number of fused-ring (bicyclic) bond motifs is 1. The summed E-state index contributed by atoms with van der Waals surface area (Å²) in [6.45, 7) is 8.84. The molecule has 5 heteroatoms. The van der Waals surface area contributed by atoms with Crippen LogP contribution in [-0.4, -0.2) is 58.5 Å². The molecule has 2 aliphatic rings. The number of hydrogen-bond donors (Lipinski definition) is 1. The maximum Gasteiger partial charge on any atom is 0.144 e. The SMILES string of the molecule is CCNc1cnc(CN2CCCN3CCCC3C2)cn1. The van der Waals surface area contributed by atoms with E-state index in [-0.39, 0.29) is 0 Å². The van der Waals surface area contributed by atoms with Gasteiger partial charge in [0.15, 0.2) is 0 Å². The summed E-state index contributed by atoms with van der Waals surface area (Å²) in [4.78, 5) is 14.2. The van der Waals surface area contributed by atoms with Crippen LogP contribution < -0.4 is 5.32 Å². The van der Waals surface area contributed by atoms with Gasteiger partial charge in [-0.05, 0) is 45.8 Å². The summed E-state index contributed by atoms with van der Waals surface area (Å²) in [5, 5.41) is 3.18. The molecule has 1 aromatic rings. The number of nitrogens with one attached hydrogen (secondary N) is 1. The van der Waals surface area contributed by atoms with E-state index in [9.17, 15) is 0 Å². The first-order valence-electron chi connectivity index (χ1n) is 7.86. The predicted molar refractivity (Wildman–Crippen MR) is 80.7 cm³/mol. The summed E-state index contributed by atoms with van der Waals surface area (Å²) < 4.78 is 0. The fraction of sp³-hybridized carbons (Fsp3) is 0.733. The van der Waals surface area contributed by atoms with Crippen LogP contribution in [-0.2, 0) is 6.54 Å². The highest BCUT2D eigenvalue weighted by molar-refractivity contribution is 5.30. The molecule has 5 nitrogen and oxygen atoms in total. The summed E-state index contributed by atoms with van der Waals surface area (Å²) in [5.74, 6) is 0.870. The Bertz CT molecular complexity index is 419. The fourth-order valence-corrected chi connectivity index (χ4v) is 3.36. The van der Waals surface area contributed by atoms with Crippen LogP contribution >= 0.6 is 0 Å². The molecule has 3 rings (SSSR count). The molecule has 0 aliphatic carbocycles. The van der Waals surface area contributed by atoms with E-state index in [0.29, 0.717) is 0 Å². The summed E-state index contributed by atoms with van der Waals surface area (Å²) in [5.41, 5.74) is 1.08. The lowest BCUT2D eigenvalue weighted by Gasteiger charge is -2.25. The standard InChI is InChI=1S/C15H25N5/c1-2-16-15-10-17-13(9-18-15)11-19-6-4-8-20-7-3-5-14(20)12-19/h9-10,14H,2-8,11-12H2,1H3,(H,16,18). The van der Waals surface area contributed by atoms with Crippen molar-refractivity contribution in [1.29, 1.82) is 0 Å². The van der Waals surface area contributed by atoms with Gasteiger partial charge in [-0.2, -0.15) is 0 Å². The highest BCUT2D eigenvalue weighted by atomic mass is 15.3. The van der Waals surface area contributed by atoms with Gasteiger partial charge >= 0.3 is 0 Å². The minimum atomic E-state index is 0.770. The van der Waals surface area contributed by atoms with E-state index >= 15 is 0 Å². The van der Waals surface area contributed by atoms with Crippen molar-refractivity contribution in [2.75, 3.05) is 38.0 Å². The zero-order chi connectivity index (χ0) is 13.8. The van der Waals surface area contributed by atoms with E-state index in [1.807, 2.05) is 12.4 Å². The predicted octanol–water partition coefficient (Wildman–Crippen LogP) is 1.58. The molecular formula is C15H25N5. The maximum atomic E-state index is 4.53. The van der Waals surface area contributed by atoms with E-state index in [1.165, 1.54) is 45.4 Å². The van der Waals surface area contributed by atoms with E-state index in [1.54, 1.807) is 0 Å². The third-order valence-electron chi connectivity index (χ3n) is 4.34. The average Bonchev–Trinajstić information content (AvgIpc) is 2.80. The first-order valence-corrected chi connectivity index (χ1v) is 7.86. The zero-order valence-corrected chi connectivity index (χ0v) is 12.4. The smallest absolute Gasteiger partial charge is 0.144 e. The molecule has 2 aliphatic heterocycles. The second-order valence-electron chi connectivity index (χ2n) is 5.84. The third kappa shape index (κ3) is 3.27. The van der Waals surface area contributed by atoms with Crippen LogP contribution in [0.4, 0.5) is 5.82 Å². The van der Waals surface area contributed by atoms with Gasteiger partial charge in [0.2, 0.25) is 0 Å². The monoisotopic (exact) mass is 275 g/mol. The topological polar surface area (TPSA) is 44.3 Å². The summed E-state index contributed by atoms with van der Waals surface area (Å²) in [7, 11) is 0. The molecule has 0 radical (unpaired) electrons. The Kier molecular flexibility index (Phi) is 4.47. The Morgan fingerprint density at radius 3 is 2.90 bits per heavy atom. The van der Waals surface area contributed by atoms with Crippen molar-refractivity contribution in [3.05, 3.63) is 18.1 Å². The van der Waals surface area contributed by atoms with E-state index in [2.05, 4.69) is 32.0 Å². The molecule has 0 spiro atoms. The second-order valence-corrected chi connectivity index (χ2v) is 5.84. The molecule has 20 heavy (non-hydrogen) atoms. The van der Waals surface area contributed by atoms with Gasteiger partial charge < -0.3 is 5.32 Å². The largest absolute Gasteiger partial charge is 0.369 e. The van der Waals surface area contributed by atoms with Gasteiger partial charge in [-0.3, -0.25) is 14.8 Å². The van der Waals surface area contributed by atoms with E-state index in [0.717, 1.165) is 30.6 Å². The van der Waals surface area contributed by atoms with Gasteiger partial charge in [-0.15, -0.1) is 0 Å². The van der Waals surface area contributed by atoms with Crippen molar-refractivity contribution >= 4 is 5.82 Å². The normalized spacial score (nSPS) is 24.4. The number of rotatable bonds is 4. The number of hydrogen-bond acceptors (Lipinski definition) is 5. The van der Waals surface area contributed by atoms with Crippen molar-refractivity contribution in [1.82, 2.24) is 19.8 Å². The minimum Gasteiger partial charge on any atom is -0.369 e.